The fourth-order valence-electron chi connectivity index (χ4n) is 2.50. The Kier molecular flexibility index (Phi) is 6.89. The van der Waals surface area contributed by atoms with E-state index in [9.17, 15) is 19.8 Å². The highest BCUT2D eigenvalue weighted by molar-refractivity contribution is 7.80. The number of rotatable bonds is 8. The average Bonchev–Trinajstić information content (AvgIpc) is 2.61. The molecule has 0 radical (unpaired) electrons. The zero-order chi connectivity index (χ0) is 18.2. The number of carboxylic acid groups (broad SMARTS) is 1. The molecule has 0 saturated heterocycles. The van der Waals surface area contributed by atoms with Crippen LogP contribution in [0.25, 0.3) is 0 Å². The number of aromatic hydroxyl groups is 1. The molecule has 2 atom stereocenters. The van der Waals surface area contributed by atoms with Gasteiger partial charge in [0.1, 0.15) is 11.8 Å². The third-order valence-corrected chi connectivity index (χ3v) is 4.35. The second-order valence-electron chi connectivity index (χ2n) is 5.84. The molecular weight excluding hydrogens is 338 g/mol. The largest absolute Gasteiger partial charge is 0.508 e. The van der Waals surface area contributed by atoms with Crippen molar-refractivity contribution < 1.29 is 19.8 Å². The summed E-state index contributed by atoms with van der Waals surface area (Å²) >= 11 is 4.23. The van der Waals surface area contributed by atoms with Crippen LogP contribution in [0, 0.1) is 5.92 Å². The number of hydrogen-bond donors (Lipinski definition) is 4. The molecule has 0 spiro atoms. The number of carboxylic acids is 1. The van der Waals surface area contributed by atoms with Crippen LogP contribution in [0.3, 0.4) is 0 Å². The van der Waals surface area contributed by atoms with Gasteiger partial charge in [-0.25, -0.2) is 4.79 Å². The highest BCUT2D eigenvalue weighted by atomic mass is 32.1. The van der Waals surface area contributed by atoms with Gasteiger partial charge in [0.2, 0.25) is 5.91 Å². The Labute approximate surface area is 152 Å². The van der Waals surface area contributed by atoms with E-state index in [2.05, 4.69) is 17.9 Å². The first-order valence-electron chi connectivity index (χ1n) is 7.95. The smallest absolute Gasteiger partial charge is 0.326 e. The van der Waals surface area contributed by atoms with E-state index in [1.54, 1.807) is 12.1 Å². The van der Waals surface area contributed by atoms with Crippen LogP contribution in [0.4, 0.5) is 0 Å². The molecule has 0 bridgehead atoms. The molecule has 2 rings (SSSR count). The summed E-state index contributed by atoms with van der Waals surface area (Å²) in [4.78, 5) is 24.0. The summed E-state index contributed by atoms with van der Waals surface area (Å²) in [5.74, 6) is -1.40. The molecule has 0 saturated carbocycles. The molecule has 2 aromatic rings. The van der Waals surface area contributed by atoms with E-state index in [1.807, 2.05) is 30.3 Å². The van der Waals surface area contributed by atoms with Gasteiger partial charge in [-0.15, -0.1) is 0 Å². The molecule has 25 heavy (non-hydrogen) atoms. The Bertz CT molecular complexity index is 703. The summed E-state index contributed by atoms with van der Waals surface area (Å²) in [7, 11) is 0. The minimum atomic E-state index is -1.10. The summed E-state index contributed by atoms with van der Waals surface area (Å²) in [6, 6.07) is 14.8. The molecule has 0 aliphatic heterocycles. The van der Waals surface area contributed by atoms with Crippen molar-refractivity contribution in [2.75, 3.05) is 5.75 Å². The van der Waals surface area contributed by atoms with Crippen molar-refractivity contribution in [3.8, 4) is 5.75 Å². The van der Waals surface area contributed by atoms with E-state index in [0.29, 0.717) is 12.2 Å². The van der Waals surface area contributed by atoms with Gasteiger partial charge in [-0.3, -0.25) is 4.79 Å². The van der Waals surface area contributed by atoms with E-state index in [-0.39, 0.29) is 18.1 Å². The van der Waals surface area contributed by atoms with Gasteiger partial charge in [0, 0.05) is 12.2 Å². The van der Waals surface area contributed by atoms with Gasteiger partial charge < -0.3 is 15.5 Å². The molecule has 0 heterocycles. The molecule has 0 aliphatic rings. The number of amides is 1. The van der Waals surface area contributed by atoms with Crippen LogP contribution in [0.2, 0.25) is 0 Å². The predicted octanol–water partition coefficient (Wildman–Crippen LogP) is 2.29. The van der Waals surface area contributed by atoms with Crippen LogP contribution in [0.5, 0.6) is 5.75 Å². The highest BCUT2D eigenvalue weighted by Gasteiger charge is 2.25. The minimum Gasteiger partial charge on any atom is -0.508 e. The van der Waals surface area contributed by atoms with E-state index < -0.39 is 17.9 Å². The zero-order valence-corrected chi connectivity index (χ0v) is 14.5. The normalized spacial score (nSPS) is 13.0. The van der Waals surface area contributed by atoms with Gasteiger partial charge in [0.25, 0.3) is 0 Å². The number of hydrogen-bond acceptors (Lipinski definition) is 4. The second kappa shape index (κ2) is 9.13. The lowest BCUT2D eigenvalue weighted by molar-refractivity contribution is -0.142. The van der Waals surface area contributed by atoms with Crippen molar-refractivity contribution in [3.63, 3.8) is 0 Å². The molecule has 0 aliphatic carbocycles. The highest BCUT2D eigenvalue weighted by Crippen LogP contribution is 2.14. The molecule has 132 valence electrons. The summed E-state index contributed by atoms with van der Waals surface area (Å²) in [5.41, 5.74) is 1.72. The van der Waals surface area contributed by atoms with Crippen LogP contribution in [0.15, 0.2) is 54.6 Å². The predicted molar refractivity (Wildman–Crippen MR) is 98.9 cm³/mol. The first-order valence-corrected chi connectivity index (χ1v) is 8.58. The maximum atomic E-state index is 12.5. The van der Waals surface area contributed by atoms with Crippen LogP contribution in [-0.2, 0) is 22.4 Å². The quantitative estimate of drug-likeness (QED) is 0.545. The fourth-order valence-corrected chi connectivity index (χ4v) is 2.79. The molecule has 1 amide bonds. The Morgan fingerprint density at radius 3 is 2.12 bits per heavy atom. The molecule has 6 heteroatoms. The Morgan fingerprint density at radius 1 is 0.960 bits per heavy atom. The Hall–Kier alpha value is -2.47. The third-order valence-electron chi connectivity index (χ3n) is 3.91. The summed E-state index contributed by atoms with van der Waals surface area (Å²) < 4.78 is 0. The maximum absolute atomic E-state index is 12.5. The van der Waals surface area contributed by atoms with E-state index in [1.165, 1.54) is 12.1 Å². The van der Waals surface area contributed by atoms with Crippen LogP contribution < -0.4 is 5.32 Å². The van der Waals surface area contributed by atoms with Gasteiger partial charge in [-0.05, 0) is 29.7 Å². The lowest BCUT2D eigenvalue weighted by Gasteiger charge is -2.19. The molecular formula is C19H21NO4S. The first kappa shape index (κ1) is 18.9. The monoisotopic (exact) mass is 359 g/mol. The standard InChI is InChI=1S/C19H21NO4S/c21-16-8-6-14(7-9-16)11-17(19(23)24)20-18(22)15(12-25)10-13-4-2-1-3-5-13/h1-9,15,17,21,25H,10-12H2,(H,20,22)(H,23,24)/t15?,17-/m0/s1. The minimum absolute atomic E-state index is 0.109. The molecule has 0 fully saturated rings. The number of benzene rings is 2. The van der Waals surface area contributed by atoms with Crippen molar-refractivity contribution >= 4 is 24.5 Å². The number of nitrogens with one attached hydrogen (secondary N) is 1. The van der Waals surface area contributed by atoms with Gasteiger partial charge in [0.15, 0.2) is 0 Å². The number of phenols is 1. The molecule has 0 aromatic heterocycles. The maximum Gasteiger partial charge on any atom is 0.326 e. The Balaban J connectivity index is 2.02. The summed E-state index contributed by atoms with van der Waals surface area (Å²) in [6.07, 6.45) is 0.647. The van der Waals surface area contributed by atoms with E-state index >= 15 is 0 Å². The van der Waals surface area contributed by atoms with Crippen LogP contribution >= 0.6 is 12.6 Å². The van der Waals surface area contributed by atoms with Crippen molar-refractivity contribution in [1.29, 1.82) is 0 Å². The molecule has 5 nitrogen and oxygen atoms in total. The second-order valence-corrected chi connectivity index (χ2v) is 6.20. The SMILES string of the molecule is O=C(N[C@@H](Cc1ccc(O)cc1)C(=O)O)C(CS)Cc1ccccc1. The van der Waals surface area contributed by atoms with Crippen LogP contribution in [0.1, 0.15) is 11.1 Å². The van der Waals surface area contributed by atoms with Gasteiger partial charge >= 0.3 is 5.97 Å². The lowest BCUT2D eigenvalue weighted by Crippen LogP contribution is -2.45. The number of thiol groups is 1. The van der Waals surface area contributed by atoms with Crippen molar-refractivity contribution in [2.24, 2.45) is 5.92 Å². The van der Waals surface area contributed by atoms with Crippen LogP contribution in [-0.4, -0.2) is 33.9 Å². The summed E-state index contributed by atoms with van der Waals surface area (Å²) in [5, 5.41) is 21.3. The number of aliphatic carboxylic acids is 1. The Morgan fingerprint density at radius 2 is 1.56 bits per heavy atom. The summed E-state index contributed by atoms with van der Waals surface area (Å²) in [6.45, 7) is 0. The van der Waals surface area contributed by atoms with Crippen molar-refractivity contribution in [1.82, 2.24) is 5.32 Å². The number of carbonyl (C=O) groups is 2. The third kappa shape index (κ3) is 5.83. The van der Waals surface area contributed by atoms with Crippen molar-refractivity contribution in [2.45, 2.75) is 18.9 Å². The number of phenolic OH excluding ortho intramolecular Hbond substituents is 1. The first-order chi connectivity index (χ1) is 12.0. The molecule has 2 aromatic carbocycles. The zero-order valence-electron chi connectivity index (χ0n) is 13.6. The lowest BCUT2D eigenvalue weighted by atomic mass is 9.99. The van der Waals surface area contributed by atoms with Gasteiger partial charge in [-0.1, -0.05) is 42.5 Å². The topological polar surface area (TPSA) is 86.6 Å². The average molecular weight is 359 g/mol. The van der Waals surface area contributed by atoms with E-state index in [4.69, 9.17) is 0 Å². The fraction of sp³-hybridized carbons (Fsp3) is 0.263. The van der Waals surface area contributed by atoms with Gasteiger partial charge in [-0.2, -0.15) is 12.6 Å². The van der Waals surface area contributed by atoms with Crippen molar-refractivity contribution in [3.05, 3.63) is 65.7 Å². The number of carbonyl (C=O) groups excluding carboxylic acids is 1. The molecule has 1 unspecified atom stereocenters. The van der Waals surface area contributed by atoms with E-state index in [0.717, 1.165) is 11.1 Å². The van der Waals surface area contributed by atoms with Gasteiger partial charge in [0.05, 0.1) is 5.92 Å². The molecule has 3 N–H and O–H groups in total.